The van der Waals surface area contributed by atoms with Crippen molar-refractivity contribution in [2.75, 3.05) is 45.5 Å². The van der Waals surface area contributed by atoms with Crippen LogP contribution in [0, 0.1) is 5.92 Å². The van der Waals surface area contributed by atoms with Crippen molar-refractivity contribution in [3.63, 3.8) is 0 Å². The summed E-state index contributed by atoms with van der Waals surface area (Å²) in [6.45, 7) is 5.24. The molecule has 7 heteroatoms. The molecule has 0 aromatic heterocycles. The molecule has 128 valence electrons. The number of nitrogens with one attached hydrogen (secondary N) is 2. The van der Waals surface area contributed by atoms with Crippen LogP contribution < -0.4 is 10.2 Å². The van der Waals surface area contributed by atoms with Crippen molar-refractivity contribution < 1.29 is 18.1 Å². The van der Waals surface area contributed by atoms with Crippen LogP contribution in [0.15, 0.2) is 0 Å². The molecule has 6 nitrogen and oxygen atoms in total. The first-order chi connectivity index (χ1) is 10.5. The van der Waals surface area contributed by atoms with Crippen molar-refractivity contribution in [3.05, 3.63) is 0 Å². The van der Waals surface area contributed by atoms with Gasteiger partial charge in [-0.25, -0.2) is 12.7 Å². The van der Waals surface area contributed by atoms with Crippen molar-refractivity contribution >= 4 is 15.9 Å². The smallest absolute Gasteiger partial charge is 0.224 e. The van der Waals surface area contributed by atoms with Gasteiger partial charge in [0.1, 0.15) is 0 Å². The minimum Gasteiger partial charge on any atom is -0.356 e. The predicted molar refractivity (Wildman–Crippen MR) is 86.2 cm³/mol. The largest absolute Gasteiger partial charge is 0.356 e. The van der Waals surface area contributed by atoms with E-state index >= 15 is 0 Å². The van der Waals surface area contributed by atoms with Crippen LogP contribution in [0.4, 0.5) is 0 Å². The molecule has 2 aliphatic heterocycles. The average molecular weight is 332 g/mol. The second-order valence-electron chi connectivity index (χ2n) is 6.67. The summed E-state index contributed by atoms with van der Waals surface area (Å²) in [5.74, 6) is -0.173. The highest BCUT2D eigenvalue weighted by Gasteiger charge is 2.29. The highest BCUT2D eigenvalue weighted by atomic mass is 32.2. The molecule has 0 aromatic rings. The predicted octanol–water partition coefficient (Wildman–Crippen LogP) is -0.767. The molecule has 0 aromatic carbocycles. The molecule has 2 saturated heterocycles. The molecule has 1 atom stereocenters. The summed E-state index contributed by atoms with van der Waals surface area (Å²) in [6.07, 6.45) is 7.78. The monoisotopic (exact) mass is 332 g/mol. The van der Waals surface area contributed by atoms with E-state index in [1.54, 1.807) is 4.90 Å². The van der Waals surface area contributed by atoms with E-state index in [2.05, 4.69) is 5.32 Å². The van der Waals surface area contributed by atoms with Crippen LogP contribution in [0.5, 0.6) is 0 Å². The molecule has 0 unspecified atom stereocenters. The van der Waals surface area contributed by atoms with E-state index in [4.69, 9.17) is 0 Å². The Morgan fingerprint density at radius 1 is 1.23 bits per heavy atom. The molecule has 0 bridgehead atoms. The summed E-state index contributed by atoms with van der Waals surface area (Å²) in [5.41, 5.74) is 0. The molecule has 2 fully saturated rings. The molecular formula is C15H30N3O3S+. The van der Waals surface area contributed by atoms with E-state index in [0.29, 0.717) is 19.6 Å². The lowest BCUT2D eigenvalue weighted by Crippen LogP contribution is -3.12. The molecule has 2 rings (SSSR count). The Hall–Kier alpha value is -0.660. The number of carbonyl (C=O) groups excluding carboxylic acids is 1. The van der Waals surface area contributed by atoms with Crippen molar-refractivity contribution in [1.82, 2.24) is 9.62 Å². The van der Waals surface area contributed by atoms with Crippen LogP contribution in [0.25, 0.3) is 0 Å². The third-order valence-corrected chi connectivity index (χ3v) is 6.06. The molecule has 2 heterocycles. The topological polar surface area (TPSA) is 70.9 Å². The summed E-state index contributed by atoms with van der Waals surface area (Å²) in [4.78, 5) is 13.8. The molecule has 2 N–H and O–H groups in total. The second-order valence-corrected chi connectivity index (χ2v) is 8.65. The average Bonchev–Trinajstić information content (AvgIpc) is 2.52. The van der Waals surface area contributed by atoms with Gasteiger partial charge in [0.05, 0.1) is 31.8 Å². The number of carbonyl (C=O) groups is 1. The van der Waals surface area contributed by atoms with E-state index in [1.165, 1.54) is 42.9 Å². The lowest BCUT2D eigenvalue weighted by molar-refractivity contribution is -0.904. The second kappa shape index (κ2) is 8.26. The first kappa shape index (κ1) is 17.7. The number of quaternary nitrogens is 1. The number of piperidine rings is 2. The third-order valence-electron chi connectivity index (χ3n) is 4.79. The zero-order valence-corrected chi connectivity index (χ0v) is 14.5. The normalized spacial score (nSPS) is 25.0. The Bertz CT molecular complexity index is 461. The Balaban J connectivity index is 1.66. The van der Waals surface area contributed by atoms with Gasteiger partial charge in [-0.2, -0.15) is 0 Å². The number of amides is 1. The molecule has 0 aliphatic carbocycles. The number of rotatable bonds is 6. The Morgan fingerprint density at radius 3 is 2.64 bits per heavy atom. The van der Waals surface area contributed by atoms with Crippen LogP contribution in [-0.4, -0.2) is 64.2 Å². The standard InChI is InChI=1S/C15H29N3O3S/c1-22(20,21)18-12-5-7-14(13-18)15(19)16-8-6-11-17-9-3-2-4-10-17/h14H,2-13H2,1H3,(H,16,19)/p+1/t14-/m1/s1. The Kier molecular flexibility index (Phi) is 6.65. The van der Waals surface area contributed by atoms with E-state index in [9.17, 15) is 13.2 Å². The maximum absolute atomic E-state index is 12.2. The van der Waals surface area contributed by atoms with Gasteiger partial charge in [-0.15, -0.1) is 0 Å². The minimum absolute atomic E-state index is 0.0157. The zero-order chi connectivity index (χ0) is 16.0. The zero-order valence-electron chi connectivity index (χ0n) is 13.6. The van der Waals surface area contributed by atoms with Crippen LogP contribution in [0.2, 0.25) is 0 Å². The highest BCUT2D eigenvalue weighted by molar-refractivity contribution is 7.88. The van der Waals surface area contributed by atoms with E-state index in [0.717, 1.165) is 25.8 Å². The van der Waals surface area contributed by atoms with Gasteiger partial charge in [-0.3, -0.25) is 4.79 Å². The molecule has 2 aliphatic rings. The molecule has 0 saturated carbocycles. The Morgan fingerprint density at radius 2 is 1.95 bits per heavy atom. The van der Waals surface area contributed by atoms with E-state index in [-0.39, 0.29) is 11.8 Å². The number of hydrogen-bond acceptors (Lipinski definition) is 3. The van der Waals surface area contributed by atoms with E-state index < -0.39 is 10.0 Å². The number of likely N-dealkylation sites (tertiary alicyclic amines) is 1. The third kappa shape index (κ3) is 5.52. The van der Waals surface area contributed by atoms with E-state index in [1.807, 2.05) is 0 Å². The van der Waals surface area contributed by atoms with Gasteiger partial charge < -0.3 is 10.2 Å². The van der Waals surface area contributed by atoms with Crippen LogP contribution in [-0.2, 0) is 14.8 Å². The minimum atomic E-state index is -3.18. The van der Waals surface area contributed by atoms with Crippen molar-refractivity contribution in [2.24, 2.45) is 5.92 Å². The maximum Gasteiger partial charge on any atom is 0.224 e. The SMILES string of the molecule is CS(=O)(=O)N1CCC[C@@H](C(=O)NCCC[NH+]2CCCCC2)C1. The van der Waals surface area contributed by atoms with Gasteiger partial charge in [-0.05, 0) is 32.1 Å². The molecule has 22 heavy (non-hydrogen) atoms. The molecular weight excluding hydrogens is 302 g/mol. The quantitative estimate of drug-likeness (QED) is 0.628. The van der Waals surface area contributed by atoms with Gasteiger partial charge in [-0.1, -0.05) is 0 Å². The molecule has 0 radical (unpaired) electrons. The van der Waals surface area contributed by atoms with Gasteiger partial charge in [0.15, 0.2) is 0 Å². The van der Waals surface area contributed by atoms with Crippen molar-refractivity contribution in [1.29, 1.82) is 0 Å². The van der Waals surface area contributed by atoms with Crippen LogP contribution in [0.1, 0.15) is 38.5 Å². The van der Waals surface area contributed by atoms with Crippen LogP contribution >= 0.6 is 0 Å². The van der Waals surface area contributed by atoms with Crippen molar-refractivity contribution in [2.45, 2.75) is 38.5 Å². The summed E-state index contributed by atoms with van der Waals surface area (Å²) in [5, 5.41) is 2.99. The summed E-state index contributed by atoms with van der Waals surface area (Å²) < 4.78 is 24.6. The fourth-order valence-corrected chi connectivity index (χ4v) is 4.37. The number of sulfonamides is 1. The summed E-state index contributed by atoms with van der Waals surface area (Å²) in [7, 11) is -3.18. The van der Waals surface area contributed by atoms with Gasteiger partial charge in [0, 0.05) is 26.1 Å². The molecule has 0 spiro atoms. The lowest BCUT2D eigenvalue weighted by Gasteiger charge is -2.30. The summed E-state index contributed by atoms with van der Waals surface area (Å²) >= 11 is 0. The molecule has 1 amide bonds. The van der Waals surface area contributed by atoms with Gasteiger partial charge in [0.2, 0.25) is 15.9 Å². The van der Waals surface area contributed by atoms with Crippen molar-refractivity contribution in [3.8, 4) is 0 Å². The first-order valence-corrected chi connectivity index (χ1v) is 10.4. The highest BCUT2D eigenvalue weighted by Crippen LogP contribution is 2.18. The maximum atomic E-state index is 12.2. The number of hydrogen-bond donors (Lipinski definition) is 2. The number of nitrogens with zero attached hydrogens (tertiary/aromatic N) is 1. The first-order valence-electron chi connectivity index (χ1n) is 8.53. The fourth-order valence-electron chi connectivity index (χ4n) is 3.45. The Labute approximate surface area is 134 Å². The lowest BCUT2D eigenvalue weighted by atomic mass is 9.99. The van der Waals surface area contributed by atoms with Gasteiger partial charge >= 0.3 is 0 Å². The summed E-state index contributed by atoms with van der Waals surface area (Å²) in [6, 6.07) is 0. The van der Waals surface area contributed by atoms with Crippen LogP contribution in [0.3, 0.4) is 0 Å². The van der Waals surface area contributed by atoms with Gasteiger partial charge in [0.25, 0.3) is 0 Å². The fraction of sp³-hybridized carbons (Fsp3) is 0.933.